The van der Waals surface area contributed by atoms with Gasteiger partial charge < -0.3 is 10.4 Å². The standard InChI is InChI=1S/C10H21NO/c1-3-9(2)10(8-12)4-6-11-7-5-10/h9,11-12H,3-8H2,1-2H3. The van der Waals surface area contributed by atoms with Crippen LogP contribution in [0.2, 0.25) is 0 Å². The second kappa shape index (κ2) is 4.24. The Labute approximate surface area is 75.4 Å². The summed E-state index contributed by atoms with van der Waals surface area (Å²) in [4.78, 5) is 0. The highest BCUT2D eigenvalue weighted by molar-refractivity contribution is 4.87. The van der Waals surface area contributed by atoms with Crippen molar-refractivity contribution in [2.75, 3.05) is 19.7 Å². The Morgan fingerprint density at radius 2 is 2.00 bits per heavy atom. The number of nitrogens with one attached hydrogen (secondary N) is 1. The minimum atomic E-state index is 0.222. The first kappa shape index (κ1) is 10.0. The lowest BCUT2D eigenvalue weighted by Crippen LogP contribution is -2.43. The lowest BCUT2D eigenvalue weighted by molar-refractivity contribution is 0.0352. The first-order chi connectivity index (χ1) is 5.75. The number of piperidine rings is 1. The Morgan fingerprint density at radius 3 is 2.42 bits per heavy atom. The van der Waals surface area contributed by atoms with Crippen LogP contribution in [-0.2, 0) is 0 Å². The summed E-state index contributed by atoms with van der Waals surface area (Å²) in [6.45, 7) is 6.99. The Bertz CT molecular complexity index is 130. The van der Waals surface area contributed by atoms with Gasteiger partial charge in [0.05, 0.1) is 0 Å². The lowest BCUT2D eigenvalue weighted by Gasteiger charge is -2.40. The van der Waals surface area contributed by atoms with Crippen LogP contribution in [0.25, 0.3) is 0 Å². The van der Waals surface area contributed by atoms with E-state index in [2.05, 4.69) is 19.2 Å². The average molecular weight is 171 g/mol. The summed E-state index contributed by atoms with van der Waals surface area (Å²) in [5.74, 6) is 0.657. The Balaban J connectivity index is 2.59. The van der Waals surface area contributed by atoms with E-state index in [4.69, 9.17) is 0 Å². The summed E-state index contributed by atoms with van der Waals surface area (Å²) in [6.07, 6.45) is 3.46. The average Bonchev–Trinajstić information content (AvgIpc) is 2.17. The molecule has 0 aliphatic carbocycles. The Kier molecular flexibility index (Phi) is 3.53. The first-order valence-electron chi connectivity index (χ1n) is 5.07. The minimum absolute atomic E-state index is 0.222. The number of hydrogen-bond acceptors (Lipinski definition) is 2. The van der Waals surface area contributed by atoms with Gasteiger partial charge in [0.15, 0.2) is 0 Å². The molecule has 12 heavy (non-hydrogen) atoms. The normalized spacial score (nSPS) is 25.2. The van der Waals surface area contributed by atoms with Gasteiger partial charge in [-0.2, -0.15) is 0 Å². The zero-order chi connectivity index (χ0) is 9.03. The maximum absolute atomic E-state index is 9.42. The van der Waals surface area contributed by atoms with E-state index >= 15 is 0 Å². The Morgan fingerprint density at radius 1 is 1.42 bits per heavy atom. The van der Waals surface area contributed by atoms with E-state index < -0.39 is 0 Å². The largest absolute Gasteiger partial charge is 0.396 e. The molecule has 0 aromatic carbocycles. The van der Waals surface area contributed by atoms with Crippen molar-refractivity contribution in [2.45, 2.75) is 33.1 Å². The van der Waals surface area contributed by atoms with E-state index in [0.29, 0.717) is 12.5 Å². The third-order valence-corrected chi connectivity index (χ3v) is 3.57. The molecular weight excluding hydrogens is 150 g/mol. The van der Waals surface area contributed by atoms with Crippen molar-refractivity contribution < 1.29 is 5.11 Å². The molecule has 1 rings (SSSR count). The third kappa shape index (κ3) is 1.80. The third-order valence-electron chi connectivity index (χ3n) is 3.57. The van der Waals surface area contributed by atoms with E-state index in [1.54, 1.807) is 0 Å². The molecule has 0 radical (unpaired) electrons. The highest BCUT2D eigenvalue weighted by Crippen LogP contribution is 2.37. The van der Waals surface area contributed by atoms with Gasteiger partial charge in [-0.15, -0.1) is 0 Å². The van der Waals surface area contributed by atoms with E-state index in [1.807, 2.05) is 0 Å². The summed E-state index contributed by atoms with van der Waals surface area (Å²) in [5.41, 5.74) is 0.222. The second-order valence-electron chi connectivity index (χ2n) is 4.08. The minimum Gasteiger partial charge on any atom is -0.396 e. The first-order valence-corrected chi connectivity index (χ1v) is 5.07. The molecule has 1 unspecified atom stereocenters. The van der Waals surface area contributed by atoms with Crippen LogP contribution in [0.3, 0.4) is 0 Å². The molecule has 1 atom stereocenters. The number of aliphatic hydroxyl groups is 1. The highest BCUT2D eigenvalue weighted by Gasteiger charge is 2.35. The summed E-state index contributed by atoms with van der Waals surface area (Å²) < 4.78 is 0. The van der Waals surface area contributed by atoms with Gasteiger partial charge in [0.1, 0.15) is 0 Å². The maximum Gasteiger partial charge on any atom is 0.0490 e. The molecule has 1 saturated heterocycles. The fourth-order valence-corrected chi connectivity index (χ4v) is 2.16. The van der Waals surface area contributed by atoms with Gasteiger partial charge in [-0.1, -0.05) is 20.3 Å². The van der Waals surface area contributed by atoms with Crippen LogP contribution in [0.4, 0.5) is 0 Å². The van der Waals surface area contributed by atoms with Crippen molar-refractivity contribution in [3.05, 3.63) is 0 Å². The molecular formula is C10H21NO. The molecule has 0 saturated carbocycles. The predicted molar refractivity (Wildman–Crippen MR) is 51.1 cm³/mol. The van der Waals surface area contributed by atoms with E-state index in [1.165, 1.54) is 6.42 Å². The van der Waals surface area contributed by atoms with Crippen molar-refractivity contribution in [1.29, 1.82) is 0 Å². The molecule has 1 aliphatic heterocycles. The molecule has 0 amide bonds. The van der Waals surface area contributed by atoms with Crippen molar-refractivity contribution in [3.63, 3.8) is 0 Å². The molecule has 1 fully saturated rings. The summed E-state index contributed by atoms with van der Waals surface area (Å²) >= 11 is 0. The van der Waals surface area contributed by atoms with Crippen LogP contribution in [0, 0.1) is 11.3 Å². The monoisotopic (exact) mass is 171 g/mol. The lowest BCUT2D eigenvalue weighted by atomic mass is 9.69. The predicted octanol–water partition coefficient (Wildman–Crippen LogP) is 1.39. The van der Waals surface area contributed by atoms with Gasteiger partial charge >= 0.3 is 0 Å². The summed E-state index contributed by atoms with van der Waals surface area (Å²) in [6, 6.07) is 0. The molecule has 0 spiro atoms. The van der Waals surface area contributed by atoms with Crippen molar-refractivity contribution >= 4 is 0 Å². The zero-order valence-corrected chi connectivity index (χ0v) is 8.27. The molecule has 0 aromatic heterocycles. The van der Waals surface area contributed by atoms with Gasteiger partial charge in [-0.3, -0.25) is 0 Å². The van der Waals surface area contributed by atoms with Crippen LogP contribution < -0.4 is 5.32 Å². The van der Waals surface area contributed by atoms with E-state index in [9.17, 15) is 5.11 Å². The van der Waals surface area contributed by atoms with Gasteiger partial charge in [-0.05, 0) is 37.3 Å². The topological polar surface area (TPSA) is 32.3 Å². The SMILES string of the molecule is CCC(C)C1(CO)CCNCC1. The smallest absolute Gasteiger partial charge is 0.0490 e. The summed E-state index contributed by atoms with van der Waals surface area (Å²) in [7, 11) is 0. The fourth-order valence-electron chi connectivity index (χ4n) is 2.16. The molecule has 2 nitrogen and oxygen atoms in total. The number of hydrogen-bond donors (Lipinski definition) is 2. The fraction of sp³-hybridized carbons (Fsp3) is 1.00. The zero-order valence-electron chi connectivity index (χ0n) is 8.27. The van der Waals surface area contributed by atoms with Crippen molar-refractivity contribution in [2.24, 2.45) is 11.3 Å². The molecule has 0 bridgehead atoms. The Hall–Kier alpha value is -0.0800. The van der Waals surface area contributed by atoms with Crippen LogP contribution >= 0.6 is 0 Å². The van der Waals surface area contributed by atoms with Gasteiger partial charge in [-0.25, -0.2) is 0 Å². The quantitative estimate of drug-likeness (QED) is 0.672. The molecule has 72 valence electrons. The van der Waals surface area contributed by atoms with Crippen LogP contribution in [0.5, 0.6) is 0 Å². The summed E-state index contributed by atoms with van der Waals surface area (Å²) in [5, 5.41) is 12.8. The van der Waals surface area contributed by atoms with E-state index in [0.717, 1.165) is 25.9 Å². The second-order valence-corrected chi connectivity index (χ2v) is 4.08. The van der Waals surface area contributed by atoms with Crippen molar-refractivity contribution in [1.82, 2.24) is 5.32 Å². The number of aliphatic hydroxyl groups excluding tert-OH is 1. The van der Waals surface area contributed by atoms with Crippen LogP contribution in [0.15, 0.2) is 0 Å². The number of rotatable bonds is 3. The van der Waals surface area contributed by atoms with Gasteiger partial charge in [0.2, 0.25) is 0 Å². The van der Waals surface area contributed by atoms with Crippen molar-refractivity contribution in [3.8, 4) is 0 Å². The molecule has 2 N–H and O–H groups in total. The van der Waals surface area contributed by atoms with Crippen LogP contribution in [0.1, 0.15) is 33.1 Å². The molecule has 1 aliphatic rings. The van der Waals surface area contributed by atoms with Gasteiger partial charge in [0.25, 0.3) is 0 Å². The van der Waals surface area contributed by atoms with Gasteiger partial charge in [0, 0.05) is 6.61 Å². The van der Waals surface area contributed by atoms with E-state index in [-0.39, 0.29) is 5.41 Å². The molecule has 1 heterocycles. The van der Waals surface area contributed by atoms with Crippen LogP contribution in [-0.4, -0.2) is 24.8 Å². The molecule has 0 aromatic rings. The maximum atomic E-state index is 9.42. The highest BCUT2D eigenvalue weighted by atomic mass is 16.3. The molecule has 2 heteroatoms.